The average Bonchev–Trinajstić information content (AvgIpc) is 2.92. The fourth-order valence-corrected chi connectivity index (χ4v) is 3.57. The highest BCUT2D eigenvalue weighted by Gasteiger charge is 2.11. The van der Waals surface area contributed by atoms with Crippen LogP contribution < -0.4 is 0 Å². The molecule has 0 N–H and O–H groups in total. The average molecular weight is 351 g/mol. The third-order valence-corrected chi connectivity index (χ3v) is 4.98. The van der Waals surface area contributed by atoms with Crippen LogP contribution in [-0.2, 0) is 17.0 Å². The summed E-state index contributed by atoms with van der Waals surface area (Å²) in [7, 11) is 3.52. The number of thioether (sulfide) groups is 1. The molecular formula is C16H22N4OS2. The molecule has 1 amide bonds. The number of carbonyl (C=O) groups excluding carboxylic acids is 1. The summed E-state index contributed by atoms with van der Waals surface area (Å²) in [4.78, 5) is 26.9. The summed E-state index contributed by atoms with van der Waals surface area (Å²) in [6.45, 7) is 6.18. The van der Waals surface area contributed by atoms with E-state index in [0.29, 0.717) is 12.3 Å². The van der Waals surface area contributed by atoms with Crippen LogP contribution in [0.15, 0.2) is 16.5 Å². The Morgan fingerprint density at radius 3 is 2.70 bits per heavy atom. The van der Waals surface area contributed by atoms with Crippen LogP contribution in [0.4, 0.5) is 0 Å². The van der Waals surface area contributed by atoms with E-state index < -0.39 is 0 Å². The van der Waals surface area contributed by atoms with Crippen LogP contribution in [0.25, 0.3) is 0 Å². The van der Waals surface area contributed by atoms with Crippen molar-refractivity contribution in [3.63, 3.8) is 0 Å². The Kier molecular flexibility index (Phi) is 6.12. The lowest BCUT2D eigenvalue weighted by Crippen LogP contribution is -2.23. The van der Waals surface area contributed by atoms with Gasteiger partial charge in [-0.1, -0.05) is 25.6 Å². The molecule has 23 heavy (non-hydrogen) atoms. The van der Waals surface area contributed by atoms with Crippen LogP contribution in [0.2, 0.25) is 0 Å². The van der Waals surface area contributed by atoms with E-state index in [0.717, 1.165) is 33.0 Å². The van der Waals surface area contributed by atoms with Gasteiger partial charge >= 0.3 is 0 Å². The van der Waals surface area contributed by atoms with Crippen LogP contribution >= 0.6 is 23.1 Å². The van der Waals surface area contributed by atoms with Gasteiger partial charge in [0.1, 0.15) is 15.9 Å². The van der Waals surface area contributed by atoms with E-state index in [2.05, 4.69) is 28.8 Å². The molecule has 0 spiro atoms. The summed E-state index contributed by atoms with van der Waals surface area (Å²) < 4.78 is 0. The Bertz CT molecular complexity index is 682. The predicted octanol–water partition coefficient (Wildman–Crippen LogP) is 3.29. The maximum absolute atomic E-state index is 11.7. The number of thiazole rings is 1. The summed E-state index contributed by atoms with van der Waals surface area (Å²) in [5.74, 6) is 2.02. The Balaban J connectivity index is 1.99. The fourth-order valence-electron chi connectivity index (χ4n) is 1.83. The van der Waals surface area contributed by atoms with Crippen LogP contribution in [0.3, 0.4) is 0 Å². The Morgan fingerprint density at radius 2 is 2.04 bits per heavy atom. The lowest BCUT2D eigenvalue weighted by molar-refractivity contribution is -0.127. The number of aromatic nitrogens is 3. The van der Waals surface area contributed by atoms with Crippen LogP contribution in [0.5, 0.6) is 0 Å². The first kappa shape index (κ1) is 17.9. The Labute approximate surface area is 145 Å². The summed E-state index contributed by atoms with van der Waals surface area (Å²) in [6, 6.07) is 2.00. The molecule has 0 aliphatic carbocycles. The predicted molar refractivity (Wildman–Crippen MR) is 94.9 cm³/mol. The van der Waals surface area contributed by atoms with Crippen molar-refractivity contribution in [3.05, 3.63) is 33.7 Å². The van der Waals surface area contributed by atoms with Crippen molar-refractivity contribution in [1.29, 1.82) is 0 Å². The normalized spacial score (nSPS) is 11.0. The molecule has 0 radical (unpaired) electrons. The van der Waals surface area contributed by atoms with Gasteiger partial charge in [-0.25, -0.2) is 15.0 Å². The molecule has 0 aromatic carbocycles. The van der Waals surface area contributed by atoms with Gasteiger partial charge in [0.15, 0.2) is 0 Å². The molecule has 0 bridgehead atoms. The van der Waals surface area contributed by atoms with E-state index in [4.69, 9.17) is 0 Å². The first-order chi connectivity index (χ1) is 10.8. The number of carbonyl (C=O) groups is 1. The first-order valence-electron chi connectivity index (χ1n) is 7.47. The lowest BCUT2D eigenvalue weighted by atomic mass is 10.2. The van der Waals surface area contributed by atoms with Crippen LogP contribution in [0.1, 0.15) is 42.0 Å². The van der Waals surface area contributed by atoms with Crippen LogP contribution in [-0.4, -0.2) is 39.9 Å². The summed E-state index contributed by atoms with van der Waals surface area (Å²) >= 11 is 3.19. The standard InChI is InChI=1S/C16H22N4OS2/c1-10(2)16-17-11(3)6-13(19-16)22-8-12-9-23-14(18-12)7-15(21)20(4)5/h6,9-10H,7-8H2,1-5H3. The van der Waals surface area contributed by atoms with E-state index in [9.17, 15) is 4.79 Å². The number of amides is 1. The van der Waals surface area contributed by atoms with Gasteiger partial charge in [0.2, 0.25) is 5.91 Å². The molecule has 0 unspecified atom stereocenters. The zero-order valence-electron chi connectivity index (χ0n) is 14.2. The van der Waals surface area contributed by atoms with Gasteiger partial charge in [-0.15, -0.1) is 11.3 Å². The molecule has 0 saturated heterocycles. The molecule has 124 valence electrons. The maximum Gasteiger partial charge on any atom is 0.228 e. The topological polar surface area (TPSA) is 59.0 Å². The quantitative estimate of drug-likeness (QED) is 0.591. The Morgan fingerprint density at radius 1 is 1.30 bits per heavy atom. The molecule has 5 nitrogen and oxygen atoms in total. The highest BCUT2D eigenvalue weighted by Crippen LogP contribution is 2.24. The van der Waals surface area contributed by atoms with Crippen molar-refractivity contribution in [1.82, 2.24) is 19.9 Å². The largest absolute Gasteiger partial charge is 0.348 e. The number of likely N-dealkylation sites (N-methyl/N-ethyl adjacent to an activating group) is 1. The van der Waals surface area contributed by atoms with Gasteiger partial charge in [0, 0.05) is 36.8 Å². The maximum atomic E-state index is 11.7. The highest BCUT2D eigenvalue weighted by atomic mass is 32.2. The van der Waals surface area contributed by atoms with E-state index in [1.54, 1.807) is 30.8 Å². The second kappa shape index (κ2) is 7.88. The van der Waals surface area contributed by atoms with E-state index >= 15 is 0 Å². The number of aryl methyl sites for hydroxylation is 1. The van der Waals surface area contributed by atoms with Gasteiger partial charge in [-0.05, 0) is 13.0 Å². The molecule has 2 rings (SSSR count). The molecule has 0 atom stereocenters. The zero-order chi connectivity index (χ0) is 17.0. The third kappa shape index (κ3) is 5.28. The van der Waals surface area contributed by atoms with Gasteiger partial charge < -0.3 is 4.90 Å². The fraction of sp³-hybridized carbons (Fsp3) is 0.500. The molecule has 0 aliphatic rings. The van der Waals surface area contributed by atoms with Crippen molar-refractivity contribution in [3.8, 4) is 0 Å². The molecule has 7 heteroatoms. The highest BCUT2D eigenvalue weighted by molar-refractivity contribution is 7.98. The molecule has 2 heterocycles. The van der Waals surface area contributed by atoms with E-state index in [1.807, 2.05) is 18.4 Å². The summed E-state index contributed by atoms with van der Waals surface area (Å²) in [6.07, 6.45) is 0.368. The van der Waals surface area contributed by atoms with Crippen molar-refractivity contribution in [2.45, 2.75) is 43.9 Å². The first-order valence-corrected chi connectivity index (χ1v) is 9.33. The molecular weight excluding hydrogens is 328 g/mol. The molecule has 0 aliphatic heterocycles. The molecule has 2 aromatic rings. The smallest absolute Gasteiger partial charge is 0.228 e. The third-order valence-electron chi connectivity index (χ3n) is 3.13. The molecule has 0 saturated carbocycles. The molecule has 0 fully saturated rings. The van der Waals surface area contributed by atoms with E-state index in [1.165, 1.54) is 11.3 Å². The lowest BCUT2D eigenvalue weighted by Gasteiger charge is -2.08. The summed E-state index contributed by atoms with van der Waals surface area (Å²) in [5.41, 5.74) is 1.98. The van der Waals surface area contributed by atoms with Gasteiger partial charge in [0.05, 0.1) is 12.1 Å². The molecule has 2 aromatic heterocycles. The van der Waals surface area contributed by atoms with Crippen molar-refractivity contribution >= 4 is 29.0 Å². The van der Waals surface area contributed by atoms with Gasteiger partial charge in [0.25, 0.3) is 0 Å². The second-order valence-corrected chi connectivity index (χ2v) is 7.78. The van der Waals surface area contributed by atoms with Crippen molar-refractivity contribution in [2.75, 3.05) is 14.1 Å². The SMILES string of the molecule is Cc1cc(SCc2csc(CC(=O)N(C)C)n2)nc(C(C)C)n1. The van der Waals surface area contributed by atoms with Crippen molar-refractivity contribution < 1.29 is 4.79 Å². The Hall–Kier alpha value is -1.47. The number of rotatable bonds is 6. The van der Waals surface area contributed by atoms with E-state index in [-0.39, 0.29) is 5.91 Å². The van der Waals surface area contributed by atoms with Gasteiger partial charge in [-0.2, -0.15) is 0 Å². The minimum Gasteiger partial charge on any atom is -0.348 e. The monoisotopic (exact) mass is 350 g/mol. The number of hydrogen-bond acceptors (Lipinski definition) is 6. The number of hydrogen-bond donors (Lipinski definition) is 0. The number of nitrogens with zero attached hydrogens (tertiary/aromatic N) is 4. The van der Waals surface area contributed by atoms with Crippen molar-refractivity contribution in [2.24, 2.45) is 0 Å². The van der Waals surface area contributed by atoms with Crippen LogP contribution in [0, 0.1) is 6.92 Å². The van der Waals surface area contributed by atoms with Gasteiger partial charge in [-0.3, -0.25) is 4.79 Å². The zero-order valence-corrected chi connectivity index (χ0v) is 15.8. The minimum atomic E-state index is 0.0755. The second-order valence-electron chi connectivity index (χ2n) is 5.85. The minimum absolute atomic E-state index is 0.0755. The summed E-state index contributed by atoms with van der Waals surface area (Å²) in [5, 5.41) is 3.85.